The second-order valence-electron chi connectivity index (χ2n) is 7.36. The van der Waals surface area contributed by atoms with Crippen molar-refractivity contribution < 1.29 is 14.3 Å². The van der Waals surface area contributed by atoms with Gasteiger partial charge in [-0.05, 0) is 68.3 Å². The summed E-state index contributed by atoms with van der Waals surface area (Å²) < 4.78 is 6.03. The van der Waals surface area contributed by atoms with Crippen molar-refractivity contribution in [2.45, 2.75) is 26.0 Å². The normalized spacial score (nSPS) is 17.4. The number of nitrogens with one attached hydrogen (secondary N) is 1. The SMILES string of the molecule is CCOc1ccc(N2C(=S)SC3C(=O)N=C(SCC(=O)Nc4ccc(C)c(C)c4)N=C32)cc1. The fourth-order valence-corrected chi connectivity index (χ4v) is 5.32. The van der Waals surface area contributed by atoms with E-state index in [0.717, 1.165) is 40.0 Å². The summed E-state index contributed by atoms with van der Waals surface area (Å²) in [5.41, 5.74) is 3.79. The van der Waals surface area contributed by atoms with Crippen LogP contribution in [0.1, 0.15) is 18.1 Å². The lowest BCUT2D eigenvalue weighted by atomic mass is 10.1. The van der Waals surface area contributed by atoms with Gasteiger partial charge in [-0.25, -0.2) is 4.99 Å². The number of fused-ring (bicyclic) bond motifs is 1. The van der Waals surface area contributed by atoms with Gasteiger partial charge in [-0.3, -0.25) is 14.5 Å². The van der Waals surface area contributed by atoms with Crippen LogP contribution in [0.15, 0.2) is 52.4 Å². The van der Waals surface area contributed by atoms with E-state index in [-0.39, 0.29) is 22.7 Å². The fourth-order valence-electron chi connectivity index (χ4n) is 3.27. The predicted molar refractivity (Wildman–Crippen MR) is 141 cm³/mol. The predicted octanol–water partition coefficient (Wildman–Crippen LogP) is 4.58. The molecule has 0 radical (unpaired) electrons. The van der Waals surface area contributed by atoms with E-state index < -0.39 is 5.25 Å². The Balaban J connectivity index is 1.46. The summed E-state index contributed by atoms with van der Waals surface area (Å²) >= 11 is 7.89. The van der Waals surface area contributed by atoms with Crippen molar-refractivity contribution in [1.29, 1.82) is 0 Å². The zero-order valence-electron chi connectivity index (χ0n) is 18.3. The largest absolute Gasteiger partial charge is 0.494 e. The van der Waals surface area contributed by atoms with Gasteiger partial charge >= 0.3 is 0 Å². The molecule has 2 amide bonds. The number of carbonyl (C=O) groups excluding carboxylic acids is 2. The van der Waals surface area contributed by atoms with Gasteiger partial charge in [0.25, 0.3) is 5.91 Å². The molecule has 1 saturated heterocycles. The summed E-state index contributed by atoms with van der Waals surface area (Å²) in [6.45, 7) is 6.52. The standard InChI is InChI=1S/C23H22N4O3S3/c1-4-30-17-9-7-16(8-10-17)27-20-19(33-23(27)31)21(29)26-22(25-20)32-12-18(28)24-15-6-5-13(2)14(3)11-15/h5-11,19H,4,12H2,1-3H3,(H,24,28). The smallest absolute Gasteiger partial charge is 0.269 e. The molecule has 1 N–H and O–H groups in total. The Morgan fingerprint density at radius 3 is 2.64 bits per heavy atom. The first kappa shape index (κ1) is 23.5. The molecule has 2 aliphatic rings. The van der Waals surface area contributed by atoms with E-state index in [0.29, 0.717) is 16.8 Å². The van der Waals surface area contributed by atoms with Crippen molar-refractivity contribution in [3.8, 4) is 5.75 Å². The lowest BCUT2D eigenvalue weighted by Crippen LogP contribution is -2.37. The molecular weight excluding hydrogens is 476 g/mol. The van der Waals surface area contributed by atoms with Crippen LogP contribution < -0.4 is 15.0 Å². The van der Waals surface area contributed by atoms with Gasteiger partial charge in [0, 0.05) is 11.4 Å². The molecule has 0 spiro atoms. The Bertz CT molecular complexity index is 1180. The van der Waals surface area contributed by atoms with Crippen LogP contribution in [0, 0.1) is 13.8 Å². The molecule has 1 atom stereocenters. The zero-order chi connectivity index (χ0) is 23.5. The zero-order valence-corrected chi connectivity index (χ0v) is 20.8. The van der Waals surface area contributed by atoms with Gasteiger partial charge in [0.2, 0.25) is 5.91 Å². The van der Waals surface area contributed by atoms with Crippen molar-refractivity contribution >= 4 is 74.3 Å². The number of amides is 2. The van der Waals surface area contributed by atoms with Crippen LogP contribution in [0.4, 0.5) is 11.4 Å². The second kappa shape index (κ2) is 10.1. The molecule has 0 aliphatic carbocycles. The number of thioether (sulfide) groups is 2. The molecule has 0 aromatic heterocycles. The minimum absolute atomic E-state index is 0.0845. The van der Waals surface area contributed by atoms with E-state index in [1.54, 1.807) is 4.90 Å². The van der Waals surface area contributed by atoms with Gasteiger partial charge in [-0.1, -0.05) is 41.8 Å². The molecule has 7 nitrogen and oxygen atoms in total. The lowest BCUT2D eigenvalue weighted by molar-refractivity contribution is -0.116. The number of carbonyl (C=O) groups is 2. The maximum Gasteiger partial charge on any atom is 0.269 e. The second-order valence-corrected chi connectivity index (χ2v) is 10.0. The molecule has 33 heavy (non-hydrogen) atoms. The van der Waals surface area contributed by atoms with Crippen molar-refractivity contribution in [2.75, 3.05) is 22.6 Å². The van der Waals surface area contributed by atoms with E-state index in [1.807, 2.05) is 63.2 Å². The van der Waals surface area contributed by atoms with Gasteiger partial charge in [-0.15, -0.1) is 0 Å². The highest BCUT2D eigenvalue weighted by Gasteiger charge is 2.43. The molecule has 1 fully saturated rings. The van der Waals surface area contributed by atoms with Gasteiger partial charge in [0.15, 0.2) is 10.4 Å². The topological polar surface area (TPSA) is 83.4 Å². The number of hydrogen-bond donors (Lipinski definition) is 1. The summed E-state index contributed by atoms with van der Waals surface area (Å²) in [7, 11) is 0. The third-order valence-electron chi connectivity index (χ3n) is 5.03. The number of aryl methyl sites for hydroxylation is 2. The number of nitrogens with zero attached hydrogens (tertiary/aromatic N) is 3. The lowest BCUT2D eigenvalue weighted by Gasteiger charge is -2.21. The van der Waals surface area contributed by atoms with E-state index in [1.165, 1.54) is 11.8 Å². The van der Waals surface area contributed by atoms with Gasteiger partial charge in [0.1, 0.15) is 15.9 Å². The number of rotatable bonds is 6. The Morgan fingerprint density at radius 2 is 1.94 bits per heavy atom. The average Bonchev–Trinajstić information content (AvgIpc) is 3.12. The van der Waals surface area contributed by atoms with Crippen LogP contribution in [0.3, 0.4) is 0 Å². The number of benzene rings is 2. The third-order valence-corrected chi connectivity index (χ3v) is 7.39. The number of anilines is 2. The van der Waals surface area contributed by atoms with E-state index in [4.69, 9.17) is 17.0 Å². The van der Waals surface area contributed by atoms with Crippen LogP contribution in [0.2, 0.25) is 0 Å². The van der Waals surface area contributed by atoms with Crippen LogP contribution in [-0.4, -0.2) is 44.7 Å². The molecule has 0 bridgehead atoms. The Kier molecular flexibility index (Phi) is 7.16. The molecule has 2 aromatic rings. The Hall–Kier alpha value is -2.69. The number of ether oxygens (including phenoxy) is 1. The van der Waals surface area contributed by atoms with E-state index in [9.17, 15) is 9.59 Å². The van der Waals surface area contributed by atoms with E-state index in [2.05, 4.69) is 15.3 Å². The minimum Gasteiger partial charge on any atom is -0.494 e. The maximum absolute atomic E-state index is 12.6. The molecule has 4 rings (SSSR count). The third kappa shape index (κ3) is 5.29. The number of aliphatic imine (C=N–C) groups is 2. The van der Waals surface area contributed by atoms with Crippen molar-refractivity contribution in [3.63, 3.8) is 0 Å². The molecule has 1 unspecified atom stereocenters. The first-order valence-corrected chi connectivity index (χ1v) is 12.6. The van der Waals surface area contributed by atoms with Crippen LogP contribution >= 0.6 is 35.7 Å². The number of hydrogen-bond acceptors (Lipinski definition) is 7. The molecule has 2 aliphatic heterocycles. The highest BCUT2D eigenvalue weighted by atomic mass is 32.2. The van der Waals surface area contributed by atoms with Crippen LogP contribution in [-0.2, 0) is 9.59 Å². The monoisotopic (exact) mass is 498 g/mol. The van der Waals surface area contributed by atoms with Crippen LogP contribution in [0.5, 0.6) is 5.75 Å². The molecule has 2 aromatic carbocycles. The summed E-state index contributed by atoms with van der Waals surface area (Å²) in [6, 6.07) is 13.2. The maximum atomic E-state index is 12.6. The summed E-state index contributed by atoms with van der Waals surface area (Å²) in [5, 5.41) is 2.55. The summed E-state index contributed by atoms with van der Waals surface area (Å²) in [5.74, 6) is 0.843. The van der Waals surface area contributed by atoms with Crippen molar-refractivity contribution in [1.82, 2.24) is 0 Å². The highest BCUT2D eigenvalue weighted by Crippen LogP contribution is 2.36. The Morgan fingerprint density at radius 1 is 1.18 bits per heavy atom. The molecular formula is C23H22N4O3S3. The summed E-state index contributed by atoms with van der Waals surface area (Å²) in [4.78, 5) is 35.5. The van der Waals surface area contributed by atoms with Crippen LogP contribution in [0.25, 0.3) is 0 Å². The van der Waals surface area contributed by atoms with Gasteiger partial charge < -0.3 is 10.1 Å². The first-order chi connectivity index (χ1) is 15.9. The number of thiocarbonyl (C=S) groups is 1. The molecule has 0 saturated carbocycles. The molecule has 10 heteroatoms. The van der Waals surface area contributed by atoms with Crippen molar-refractivity contribution in [3.05, 3.63) is 53.6 Å². The Labute approximate surface area is 206 Å². The van der Waals surface area contributed by atoms with Gasteiger partial charge in [0.05, 0.1) is 12.4 Å². The number of amidine groups is 2. The minimum atomic E-state index is -0.572. The quantitative estimate of drug-likeness (QED) is 0.584. The highest BCUT2D eigenvalue weighted by molar-refractivity contribution is 8.25. The van der Waals surface area contributed by atoms with Gasteiger partial charge in [-0.2, -0.15) is 4.99 Å². The summed E-state index contributed by atoms with van der Waals surface area (Å²) in [6.07, 6.45) is 0. The average molecular weight is 499 g/mol. The molecule has 2 heterocycles. The van der Waals surface area contributed by atoms with Crippen molar-refractivity contribution in [2.24, 2.45) is 9.98 Å². The molecule has 170 valence electrons. The first-order valence-electron chi connectivity index (χ1n) is 10.3. The fraction of sp³-hybridized carbons (Fsp3) is 0.261. The van der Waals surface area contributed by atoms with E-state index >= 15 is 0 Å².